The zero-order valence-corrected chi connectivity index (χ0v) is 22.5. The number of halogens is 3. The van der Waals surface area contributed by atoms with Crippen molar-refractivity contribution in [2.24, 2.45) is 0 Å². The zero-order chi connectivity index (χ0) is 25.6. The van der Waals surface area contributed by atoms with Gasteiger partial charge >= 0.3 is 0 Å². The Hall–Kier alpha value is -1.84. The molecular weight excluding hydrogens is 521 g/mol. The van der Waals surface area contributed by atoms with Crippen LogP contribution in [0.25, 0.3) is 0 Å². The van der Waals surface area contributed by atoms with Gasteiger partial charge in [0, 0.05) is 40.3 Å². The molecule has 0 aliphatic rings. The summed E-state index contributed by atoms with van der Waals surface area (Å²) in [7, 11) is -2.67. The maximum Gasteiger partial charge on any atom is 0.243 e. The van der Waals surface area contributed by atoms with Crippen molar-refractivity contribution in [2.45, 2.75) is 50.7 Å². The molecule has 1 N–H and O–H groups in total. The number of benzene rings is 2. The minimum Gasteiger partial charge on any atom is -0.352 e. The molecule has 0 saturated carbocycles. The highest BCUT2D eigenvalue weighted by Gasteiger charge is 2.32. The van der Waals surface area contributed by atoms with E-state index in [1.807, 2.05) is 13.8 Å². The van der Waals surface area contributed by atoms with E-state index in [0.29, 0.717) is 27.1 Å². The van der Waals surface area contributed by atoms with E-state index in [2.05, 4.69) is 5.32 Å². The zero-order valence-electron chi connectivity index (χ0n) is 19.4. The van der Waals surface area contributed by atoms with E-state index in [0.717, 1.165) is 4.31 Å². The summed E-state index contributed by atoms with van der Waals surface area (Å²) in [4.78, 5) is 27.7. The summed E-state index contributed by atoms with van der Waals surface area (Å²) in [6.45, 7) is 4.85. The van der Waals surface area contributed by atoms with E-state index in [4.69, 9.17) is 34.8 Å². The third-order valence-corrected chi connectivity index (χ3v) is 7.86. The van der Waals surface area contributed by atoms with Crippen LogP contribution in [0, 0.1) is 0 Å². The van der Waals surface area contributed by atoms with Crippen molar-refractivity contribution in [1.29, 1.82) is 0 Å². The molecule has 0 heterocycles. The third-order valence-electron chi connectivity index (χ3n) is 5.09. The summed E-state index contributed by atoms with van der Waals surface area (Å²) >= 11 is 18.5. The van der Waals surface area contributed by atoms with Crippen LogP contribution in [-0.4, -0.2) is 55.1 Å². The number of carbonyl (C=O) groups excluding carboxylic acids is 2. The van der Waals surface area contributed by atoms with Gasteiger partial charge < -0.3 is 10.2 Å². The molecule has 7 nitrogen and oxygen atoms in total. The fourth-order valence-corrected chi connectivity index (χ4v) is 5.07. The molecule has 186 valence electrons. The number of rotatable bonds is 10. The Kier molecular flexibility index (Phi) is 10.2. The second-order valence-corrected chi connectivity index (χ2v) is 11.3. The van der Waals surface area contributed by atoms with Crippen molar-refractivity contribution in [2.75, 3.05) is 13.6 Å². The van der Waals surface area contributed by atoms with E-state index in [-0.39, 0.29) is 23.4 Å². The van der Waals surface area contributed by atoms with Crippen molar-refractivity contribution >= 4 is 56.6 Å². The average molecular weight is 549 g/mol. The van der Waals surface area contributed by atoms with Crippen LogP contribution in [0.1, 0.15) is 32.8 Å². The average Bonchev–Trinajstić information content (AvgIpc) is 2.75. The predicted octanol–water partition coefficient (Wildman–Crippen LogP) is 4.60. The van der Waals surface area contributed by atoms with Crippen LogP contribution in [0.3, 0.4) is 0 Å². The molecule has 0 unspecified atom stereocenters. The van der Waals surface area contributed by atoms with Crippen LogP contribution >= 0.6 is 34.8 Å². The van der Waals surface area contributed by atoms with E-state index >= 15 is 0 Å². The van der Waals surface area contributed by atoms with E-state index < -0.39 is 28.5 Å². The second kappa shape index (κ2) is 12.2. The molecule has 2 aromatic rings. The number of hydrogen-bond acceptors (Lipinski definition) is 4. The fraction of sp³-hybridized carbons (Fsp3) is 0.391. The van der Waals surface area contributed by atoms with E-state index in [9.17, 15) is 18.0 Å². The molecule has 1 atom stereocenters. The Morgan fingerprint density at radius 3 is 2.06 bits per heavy atom. The SMILES string of the molecule is CC[C@H](C(=O)NC(C)C)N(Cc1c(Cl)cccc1Cl)C(=O)CN(C)S(=O)(=O)c1ccc(Cl)cc1. The molecule has 2 amide bonds. The lowest BCUT2D eigenvalue weighted by Gasteiger charge is -2.32. The van der Waals surface area contributed by atoms with Crippen LogP contribution in [0.2, 0.25) is 15.1 Å². The molecule has 11 heteroatoms. The van der Waals surface area contributed by atoms with Crippen molar-refractivity contribution in [3.63, 3.8) is 0 Å². The van der Waals surface area contributed by atoms with Crippen molar-refractivity contribution in [1.82, 2.24) is 14.5 Å². The lowest BCUT2D eigenvalue weighted by Crippen LogP contribution is -2.52. The Labute approximate surface area is 216 Å². The molecule has 0 radical (unpaired) electrons. The quantitative estimate of drug-likeness (QED) is 0.470. The lowest BCUT2D eigenvalue weighted by molar-refractivity contribution is -0.141. The van der Waals surface area contributed by atoms with Crippen LogP contribution in [0.15, 0.2) is 47.4 Å². The van der Waals surface area contributed by atoms with Gasteiger partial charge in [0.2, 0.25) is 21.8 Å². The topological polar surface area (TPSA) is 86.8 Å². The summed E-state index contributed by atoms with van der Waals surface area (Å²) in [5.74, 6) is -0.918. The highest BCUT2D eigenvalue weighted by Crippen LogP contribution is 2.27. The van der Waals surface area contributed by atoms with Gasteiger partial charge in [0.1, 0.15) is 6.04 Å². The lowest BCUT2D eigenvalue weighted by atomic mass is 10.1. The van der Waals surface area contributed by atoms with Crippen LogP contribution in [-0.2, 0) is 26.2 Å². The number of hydrogen-bond donors (Lipinski definition) is 1. The first kappa shape index (κ1) is 28.4. The summed E-state index contributed by atoms with van der Waals surface area (Å²) in [6.07, 6.45) is 0.306. The molecule has 0 fully saturated rings. The molecule has 0 aromatic heterocycles. The number of sulfonamides is 1. The Morgan fingerprint density at radius 1 is 1.00 bits per heavy atom. The van der Waals surface area contributed by atoms with Gasteiger partial charge in [0.05, 0.1) is 11.4 Å². The van der Waals surface area contributed by atoms with Crippen molar-refractivity contribution in [3.8, 4) is 0 Å². The first-order valence-electron chi connectivity index (χ1n) is 10.6. The first-order chi connectivity index (χ1) is 15.9. The first-order valence-corrected chi connectivity index (χ1v) is 13.2. The van der Waals surface area contributed by atoms with Crippen molar-refractivity contribution in [3.05, 3.63) is 63.1 Å². The summed E-state index contributed by atoms with van der Waals surface area (Å²) < 4.78 is 26.9. The van der Waals surface area contributed by atoms with Gasteiger partial charge in [-0.25, -0.2) is 8.42 Å². The van der Waals surface area contributed by atoms with Gasteiger partial charge in [0.15, 0.2) is 0 Å². The number of amides is 2. The second-order valence-electron chi connectivity index (χ2n) is 8.02. The predicted molar refractivity (Wildman–Crippen MR) is 136 cm³/mol. The normalized spacial score (nSPS) is 12.6. The number of likely N-dealkylation sites (N-methyl/N-ethyl adjacent to an activating group) is 1. The van der Waals surface area contributed by atoms with Crippen LogP contribution in [0.5, 0.6) is 0 Å². The molecule has 2 aromatic carbocycles. The molecule has 0 bridgehead atoms. The largest absolute Gasteiger partial charge is 0.352 e. The van der Waals surface area contributed by atoms with Gasteiger partial charge in [-0.3, -0.25) is 9.59 Å². The van der Waals surface area contributed by atoms with Gasteiger partial charge in [-0.1, -0.05) is 47.8 Å². The molecular formula is C23H28Cl3N3O4S. The Morgan fingerprint density at radius 2 is 1.56 bits per heavy atom. The van der Waals surface area contributed by atoms with Crippen LogP contribution in [0.4, 0.5) is 0 Å². The standard InChI is InChI=1S/C23H28Cl3N3O4S/c1-5-21(23(31)27-15(2)3)29(13-18-19(25)7-6-8-20(18)26)22(30)14-28(4)34(32,33)17-11-9-16(24)10-12-17/h6-12,15,21H,5,13-14H2,1-4H3,(H,27,31)/t21-/m1/s1. The van der Waals surface area contributed by atoms with Crippen molar-refractivity contribution < 1.29 is 18.0 Å². The molecule has 2 rings (SSSR count). The molecule has 34 heavy (non-hydrogen) atoms. The summed E-state index contributed by atoms with van der Waals surface area (Å²) in [5.41, 5.74) is 0.471. The maximum atomic E-state index is 13.4. The highest BCUT2D eigenvalue weighted by atomic mass is 35.5. The number of carbonyl (C=O) groups is 2. The minimum atomic E-state index is -3.97. The fourth-order valence-electron chi connectivity index (χ4n) is 3.31. The van der Waals surface area contributed by atoms with E-state index in [1.165, 1.54) is 36.2 Å². The maximum absolute atomic E-state index is 13.4. The Balaban J connectivity index is 2.39. The van der Waals surface area contributed by atoms with Gasteiger partial charge in [-0.15, -0.1) is 0 Å². The number of nitrogens with zero attached hydrogens (tertiary/aromatic N) is 2. The highest BCUT2D eigenvalue weighted by molar-refractivity contribution is 7.89. The molecule has 0 aliphatic heterocycles. The summed E-state index contributed by atoms with van der Waals surface area (Å²) in [6, 6.07) is 9.60. The Bertz CT molecular complexity index is 1100. The third kappa shape index (κ3) is 7.09. The number of nitrogens with one attached hydrogen (secondary N) is 1. The van der Waals surface area contributed by atoms with E-state index in [1.54, 1.807) is 25.1 Å². The summed E-state index contributed by atoms with van der Waals surface area (Å²) in [5, 5.41) is 3.89. The monoisotopic (exact) mass is 547 g/mol. The molecule has 0 saturated heterocycles. The molecule has 0 spiro atoms. The van der Waals surface area contributed by atoms with Gasteiger partial charge in [-0.2, -0.15) is 4.31 Å². The molecule has 0 aliphatic carbocycles. The van der Waals surface area contributed by atoms with Gasteiger partial charge in [0.25, 0.3) is 0 Å². The van der Waals surface area contributed by atoms with Crippen LogP contribution < -0.4 is 5.32 Å². The van der Waals surface area contributed by atoms with Gasteiger partial charge in [-0.05, 0) is 56.7 Å². The minimum absolute atomic E-state index is 0.00232. The smallest absolute Gasteiger partial charge is 0.243 e.